The Kier molecular flexibility index (Phi) is 5.09. The van der Waals surface area contributed by atoms with Crippen molar-refractivity contribution in [1.82, 2.24) is 19.6 Å². The van der Waals surface area contributed by atoms with Crippen molar-refractivity contribution in [1.29, 1.82) is 0 Å². The highest BCUT2D eigenvalue weighted by Crippen LogP contribution is 2.63. The summed E-state index contributed by atoms with van der Waals surface area (Å²) in [6, 6.07) is 0. The Labute approximate surface area is 196 Å². The van der Waals surface area contributed by atoms with E-state index in [9.17, 15) is 9.90 Å². The lowest BCUT2D eigenvalue weighted by Crippen LogP contribution is -2.48. The first-order valence-electron chi connectivity index (χ1n) is 12.4. The number of aliphatic hydroxyl groups is 1. The number of aromatic nitrogens is 4. The quantitative estimate of drug-likeness (QED) is 0.712. The summed E-state index contributed by atoms with van der Waals surface area (Å²) in [4.78, 5) is 11.9. The topological polar surface area (TPSA) is 82.2 Å². The molecule has 2 saturated carbocycles. The Morgan fingerprint density at radius 3 is 2.00 bits per heavy atom. The summed E-state index contributed by atoms with van der Waals surface area (Å²) in [5.41, 5.74) is 7.34. The summed E-state index contributed by atoms with van der Waals surface area (Å²) in [5, 5.41) is 18.1. The molecule has 2 heterocycles. The Bertz CT molecular complexity index is 1110. The first-order valence-corrected chi connectivity index (χ1v) is 12.4. The predicted molar refractivity (Wildman–Crippen MR) is 125 cm³/mol. The molecule has 33 heavy (non-hydrogen) atoms. The molecule has 1 N–H and O–H groups in total. The van der Waals surface area contributed by atoms with E-state index in [-0.39, 0.29) is 12.6 Å². The molecule has 6 aliphatic rings. The third-order valence-electron chi connectivity index (χ3n) is 9.59. The van der Waals surface area contributed by atoms with Gasteiger partial charge in [0.25, 0.3) is 0 Å². The van der Waals surface area contributed by atoms with Gasteiger partial charge in [0.1, 0.15) is 0 Å². The zero-order chi connectivity index (χ0) is 23.9. The van der Waals surface area contributed by atoms with Crippen molar-refractivity contribution in [3.63, 3.8) is 0 Å². The maximum absolute atomic E-state index is 11.9. The van der Waals surface area contributed by atoms with Crippen LogP contribution in [0, 0.1) is 22.7 Å². The minimum Gasteiger partial charge on any atom is -0.461 e. The Balaban J connectivity index is 0.000000140. The second kappa shape index (κ2) is 7.42. The first-order chi connectivity index (χ1) is 15.5. The number of nitrogens with zero attached hydrogens (tertiary/aromatic N) is 4. The van der Waals surface area contributed by atoms with E-state index in [0.29, 0.717) is 40.9 Å². The van der Waals surface area contributed by atoms with Crippen LogP contribution in [-0.2, 0) is 38.3 Å². The molecule has 2 aromatic heterocycles. The molecule has 7 nitrogen and oxygen atoms in total. The molecule has 4 atom stereocenters. The summed E-state index contributed by atoms with van der Waals surface area (Å²) in [6.07, 6.45) is 4.63. The Hall–Kier alpha value is -2.15. The second-order valence-electron chi connectivity index (χ2n) is 11.7. The van der Waals surface area contributed by atoms with Gasteiger partial charge in [0.15, 0.2) is 5.69 Å². The molecule has 4 bridgehead atoms. The molecule has 0 saturated heterocycles. The molecule has 4 unspecified atom stereocenters. The number of hydrogen-bond acceptors (Lipinski definition) is 5. The molecule has 8 rings (SSSR count). The molecule has 0 radical (unpaired) electrons. The fraction of sp³-hybridized carbons (Fsp3) is 0.731. The summed E-state index contributed by atoms with van der Waals surface area (Å²) >= 11 is 0. The van der Waals surface area contributed by atoms with Crippen LogP contribution in [0.4, 0.5) is 0 Å². The van der Waals surface area contributed by atoms with Crippen molar-refractivity contribution in [2.75, 3.05) is 6.61 Å². The lowest BCUT2D eigenvalue weighted by molar-refractivity contribution is 0.0134. The van der Waals surface area contributed by atoms with Crippen LogP contribution >= 0.6 is 0 Å². The standard InChI is InChI=1S/C14H20N2O2.C12H18N2O/c1-5-18-13(17)11-9-6-8-7-10(14(8,2)3)12(9)16(4)15-11;1-12(2)7-4-8-10(6-15)13-14(3)11(8)9(12)5-7/h8,10H,5-7H2,1-4H3;7,9,15H,4-6H2,1-3H3. The van der Waals surface area contributed by atoms with Gasteiger partial charge in [-0.3, -0.25) is 9.36 Å². The molecule has 0 aliphatic heterocycles. The van der Waals surface area contributed by atoms with Crippen molar-refractivity contribution in [3.8, 4) is 0 Å². The Morgan fingerprint density at radius 2 is 1.48 bits per heavy atom. The van der Waals surface area contributed by atoms with E-state index in [0.717, 1.165) is 30.0 Å². The zero-order valence-electron chi connectivity index (χ0n) is 21.1. The second-order valence-corrected chi connectivity index (χ2v) is 11.7. The van der Waals surface area contributed by atoms with E-state index >= 15 is 0 Å². The minimum absolute atomic E-state index is 0.0864. The van der Waals surface area contributed by atoms with Gasteiger partial charge in [-0.1, -0.05) is 27.7 Å². The van der Waals surface area contributed by atoms with Gasteiger partial charge >= 0.3 is 5.97 Å². The molecule has 180 valence electrons. The summed E-state index contributed by atoms with van der Waals surface area (Å²) in [6.45, 7) is 11.7. The maximum Gasteiger partial charge on any atom is 0.359 e. The molecule has 2 aromatic rings. The van der Waals surface area contributed by atoms with Crippen molar-refractivity contribution >= 4 is 5.97 Å². The SMILES string of the molecule is CCOC(=O)c1nn(C)c2c1CC1CC2C1(C)C.Cn1nc(CO)c2c1C1CC(C2)C1(C)C. The average Bonchev–Trinajstić information content (AvgIpc) is 3.31. The third kappa shape index (κ3) is 3.07. The molecule has 7 heteroatoms. The van der Waals surface area contributed by atoms with Crippen LogP contribution in [0.2, 0.25) is 0 Å². The van der Waals surface area contributed by atoms with Gasteiger partial charge in [0, 0.05) is 42.9 Å². The number of carbonyl (C=O) groups is 1. The molecule has 0 aromatic carbocycles. The van der Waals surface area contributed by atoms with E-state index < -0.39 is 0 Å². The highest BCUT2D eigenvalue weighted by atomic mass is 16.5. The summed E-state index contributed by atoms with van der Waals surface area (Å²) in [5.74, 6) is 2.42. The van der Waals surface area contributed by atoms with Crippen LogP contribution < -0.4 is 0 Å². The number of aliphatic hydroxyl groups excluding tert-OH is 1. The number of ether oxygens (including phenoxy) is 1. The monoisotopic (exact) mass is 454 g/mol. The van der Waals surface area contributed by atoms with Gasteiger partial charge in [0.2, 0.25) is 0 Å². The first kappa shape index (κ1) is 22.6. The largest absolute Gasteiger partial charge is 0.461 e. The van der Waals surface area contributed by atoms with Crippen molar-refractivity contribution in [2.24, 2.45) is 36.8 Å². The normalized spacial score (nSPS) is 29.0. The molecule has 0 spiro atoms. The maximum atomic E-state index is 11.9. The highest BCUT2D eigenvalue weighted by molar-refractivity contribution is 5.89. The van der Waals surface area contributed by atoms with Crippen LogP contribution in [0.3, 0.4) is 0 Å². The number of rotatable bonds is 3. The Morgan fingerprint density at radius 1 is 0.970 bits per heavy atom. The van der Waals surface area contributed by atoms with E-state index in [1.54, 1.807) is 0 Å². The van der Waals surface area contributed by atoms with Gasteiger partial charge < -0.3 is 9.84 Å². The minimum atomic E-state index is -0.270. The van der Waals surface area contributed by atoms with Crippen molar-refractivity contribution in [3.05, 3.63) is 33.9 Å². The fourth-order valence-corrected chi connectivity index (χ4v) is 7.15. The predicted octanol–water partition coefficient (Wildman–Crippen LogP) is 3.88. The van der Waals surface area contributed by atoms with Crippen LogP contribution in [-0.4, -0.2) is 37.2 Å². The molecule has 0 amide bonds. The van der Waals surface area contributed by atoms with E-state index in [1.165, 1.54) is 29.8 Å². The lowest BCUT2D eigenvalue weighted by Gasteiger charge is -2.56. The van der Waals surface area contributed by atoms with Gasteiger partial charge in [0.05, 0.1) is 18.9 Å². The fourth-order valence-electron chi connectivity index (χ4n) is 7.15. The number of aryl methyl sites for hydroxylation is 2. The van der Waals surface area contributed by atoms with Gasteiger partial charge in [-0.2, -0.15) is 10.2 Å². The van der Waals surface area contributed by atoms with E-state index in [1.807, 2.05) is 30.4 Å². The van der Waals surface area contributed by atoms with Crippen LogP contribution in [0.1, 0.15) is 98.0 Å². The molecule has 2 fully saturated rings. The summed E-state index contributed by atoms with van der Waals surface area (Å²) < 4.78 is 8.98. The average molecular weight is 455 g/mol. The zero-order valence-corrected chi connectivity index (χ0v) is 21.1. The van der Waals surface area contributed by atoms with Crippen LogP contribution in [0.25, 0.3) is 0 Å². The smallest absolute Gasteiger partial charge is 0.359 e. The van der Waals surface area contributed by atoms with Gasteiger partial charge in [-0.15, -0.1) is 0 Å². The highest BCUT2D eigenvalue weighted by Gasteiger charge is 2.55. The number of hydrogen-bond donors (Lipinski definition) is 1. The third-order valence-corrected chi connectivity index (χ3v) is 9.59. The molecular formula is C26H38N4O3. The van der Waals surface area contributed by atoms with E-state index in [2.05, 4.69) is 37.9 Å². The van der Waals surface area contributed by atoms with Crippen LogP contribution in [0.5, 0.6) is 0 Å². The van der Waals surface area contributed by atoms with Gasteiger partial charge in [-0.25, -0.2) is 4.79 Å². The number of carbonyl (C=O) groups excluding carboxylic acids is 1. The van der Waals surface area contributed by atoms with Gasteiger partial charge in [-0.05, 0) is 60.8 Å². The van der Waals surface area contributed by atoms with Crippen LogP contribution in [0.15, 0.2) is 0 Å². The lowest BCUT2D eigenvalue weighted by atomic mass is 9.48. The van der Waals surface area contributed by atoms with E-state index in [4.69, 9.17) is 4.74 Å². The van der Waals surface area contributed by atoms with Crippen molar-refractivity contribution < 1.29 is 14.6 Å². The molecule has 6 aliphatic carbocycles. The van der Waals surface area contributed by atoms with Crippen molar-refractivity contribution in [2.45, 2.75) is 78.7 Å². The summed E-state index contributed by atoms with van der Waals surface area (Å²) in [7, 11) is 3.95. The number of esters is 1. The molecular weight excluding hydrogens is 416 g/mol.